The number of nitrogens with zero attached hydrogens (tertiary/aromatic N) is 3. The molecule has 3 heteroatoms. The Morgan fingerprint density at radius 1 is 1.08 bits per heavy atom. The van der Waals surface area contributed by atoms with Gasteiger partial charge < -0.3 is 0 Å². The zero-order valence-electron chi connectivity index (χ0n) is 16.4. The lowest BCUT2D eigenvalue weighted by atomic mass is 9.90. The second-order valence-electron chi connectivity index (χ2n) is 8.40. The van der Waals surface area contributed by atoms with Crippen LogP contribution in [0.15, 0.2) is 30.3 Å². The van der Waals surface area contributed by atoms with Crippen LogP contribution in [0, 0.1) is 19.8 Å². The van der Waals surface area contributed by atoms with Crippen LogP contribution in [-0.4, -0.2) is 28.0 Å². The third kappa shape index (κ3) is 4.15. The van der Waals surface area contributed by atoms with Gasteiger partial charge in [-0.05, 0) is 95.2 Å². The Labute approximate surface area is 157 Å². The lowest BCUT2D eigenvalue weighted by Gasteiger charge is -2.37. The highest BCUT2D eigenvalue weighted by Gasteiger charge is 2.28. The maximum absolute atomic E-state index is 4.99. The van der Waals surface area contributed by atoms with Crippen molar-refractivity contribution in [3.8, 4) is 0 Å². The minimum absolute atomic E-state index is 0.414. The van der Waals surface area contributed by atoms with Crippen molar-refractivity contribution in [3.05, 3.63) is 58.7 Å². The predicted octanol–water partition coefficient (Wildman–Crippen LogP) is 4.99. The monoisotopic (exact) mass is 349 g/mol. The van der Waals surface area contributed by atoms with Gasteiger partial charge in [-0.2, -0.15) is 0 Å². The fourth-order valence-corrected chi connectivity index (χ4v) is 4.48. The van der Waals surface area contributed by atoms with Crippen LogP contribution < -0.4 is 0 Å². The quantitative estimate of drug-likeness (QED) is 0.762. The topological polar surface area (TPSA) is 29.0 Å². The summed E-state index contributed by atoms with van der Waals surface area (Å²) in [5.74, 6) is 1.47. The summed E-state index contributed by atoms with van der Waals surface area (Å²) in [6.45, 7) is 8.91. The minimum atomic E-state index is 0.414. The van der Waals surface area contributed by atoms with Crippen molar-refractivity contribution in [2.45, 2.75) is 64.8 Å². The van der Waals surface area contributed by atoms with Crippen LogP contribution in [0.25, 0.3) is 0 Å². The number of rotatable bonds is 5. The summed E-state index contributed by atoms with van der Waals surface area (Å²) >= 11 is 0. The van der Waals surface area contributed by atoms with Crippen LogP contribution in [0.2, 0.25) is 0 Å². The van der Waals surface area contributed by atoms with E-state index in [4.69, 9.17) is 4.98 Å². The van der Waals surface area contributed by atoms with Gasteiger partial charge in [0, 0.05) is 35.6 Å². The van der Waals surface area contributed by atoms with Crippen LogP contribution in [0.3, 0.4) is 0 Å². The van der Waals surface area contributed by atoms with Crippen LogP contribution in [0.1, 0.15) is 72.9 Å². The van der Waals surface area contributed by atoms with Gasteiger partial charge in [0.2, 0.25) is 0 Å². The van der Waals surface area contributed by atoms with Crippen molar-refractivity contribution >= 4 is 0 Å². The molecule has 0 aromatic carbocycles. The molecule has 0 bridgehead atoms. The summed E-state index contributed by atoms with van der Waals surface area (Å²) < 4.78 is 0. The van der Waals surface area contributed by atoms with Gasteiger partial charge in [-0.15, -0.1) is 0 Å². The summed E-state index contributed by atoms with van der Waals surface area (Å²) in [4.78, 5) is 12.2. The largest absolute Gasteiger partial charge is 0.295 e. The Morgan fingerprint density at radius 2 is 1.85 bits per heavy atom. The second kappa shape index (κ2) is 7.48. The van der Waals surface area contributed by atoms with Gasteiger partial charge in [-0.1, -0.05) is 6.07 Å². The number of hydrogen-bond donors (Lipinski definition) is 0. The van der Waals surface area contributed by atoms with Crippen molar-refractivity contribution in [2.75, 3.05) is 13.1 Å². The first-order valence-electron chi connectivity index (χ1n) is 10.2. The summed E-state index contributed by atoms with van der Waals surface area (Å²) in [5.41, 5.74) is 6.30. The normalized spacial score (nSPS) is 22.3. The number of likely N-dealkylation sites (tertiary alicyclic amines) is 1. The molecular weight excluding hydrogens is 318 g/mol. The van der Waals surface area contributed by atoms with Crippen LogP contribution >= 0.6 is 0 Å². The van der Waals surface area contributed by atoms with E-state index in [0.717, 1.165) is 23.2 Å². The van der Waals surface area contributed by atoms with Gasteiger partial charge in [0.1, 0.15) is 0 Å². The second-order valence-corrected chi connectivity index (χ2v) is 8.40. The SMILES string of the molecule is Cc1cc(C[C@H]2CCCN([C@H](C)c3cccc(C4CC4)n3)C2)cc(C)n1. The van der Waals surface area contributed by atoms with Gasteiger partial charge in [0.05, 0.1) is 5.69 Å². The molecule has 2 aromatic heterocycles. The maximum Gasteiger partial charge on any atom is 0.0576 e. The van der Waals surface area contributed by atoms with Gasteiger partial charge in [-0.25, -0.2) is 0 Å². The molecule has 4 rings (SSSR count). The van der Waals surface area contributed by atoms with E-state index in [9.17, 15) is 0 Å². The molecule has 2 fully saturated rings. The predicted molar refractivity (Wildman–Crippen MR) is 106 cm³/mol. The number of aromatic nitrogens is 2. The lowest BCUT2D eigenvalue weighted by Crippen LogP contribution is -2.38. The summed E-state index contributed by atoms with van der Waals surface area (Å²) in [6, 6.07) is 11.6. The molecule has 1 aliphatic heterocycles. The van der Waals surface area contributed by atoms with E-state index in [1.807, 2.05) is 0 Å². The number of piperidine rings is 1. The van der Waals surface area contributed by atoms with Crippen molar-refractivity contribution in [2.24, 2.45) is 5.92 Å². The highest BCUT2D eigenvalue weighted by molar-refractivity contribution is 5.22. The van der Waals surface area contributed by atoms with E-state index >= 15 is 0 Å². The molecule has 0 unspecified atom stereocenters. The van der Waals surface area contributed by atoms with Crippen molar-refractivity contribution in [1.82, 2.24) is 14.9 Å². The van der Waals surface area contributed by atoms with E-state index in [2.05, 4.69) is 61.0 Å². The number of hydrogen-bond acceptors (Lipinski definition) is 3. The average Bonchev–Trinajstić information content (AvgIpc) is 3.46. The zero-order chi connectivity index (χ0) is 18.1. The van der Waals surface area contributed by atoms with E-state index in [-0.39, 0.29) is 0 Å². The molecule has 0 N–H and O–H groups in total. The molecule has 0 radical (unpaired) electrons. The maximum atomic E-state index is 4.99. The smallest absolute Gasteiger partial charge is 0.0576 e. The van der Waals surface area contributed by atoms with Gasteiger partial charge >= 0.3 is 0 Å². The van der Waals surface area contributed by atoms with Gasteiger partial charge in [0.15, 0.2) is 0 Å². The zero-order valence-corrected chi connectivity index (χ0v) is 16.4. The molecule has 1 saturated heterocycles. The molecule has 0 amide bonds. The Morgan fingerprint density at radius 3 is 2.58 bits per heavy atom. The summed E-state index contributed by atoms with van der Waals surface area (Å²) in [7, 11) is 0. The molecule has 3 heterocycles. The Kier molecular flexibility index (Phi) is 5.08. The highest BCUT2D eigenvalue weighted by atomic mass is 15.2. The van der Waals surface area contributed by atoms with Crippen molar-refractivity contribution in [3.63, 3.8) is 0 Å². The number of pyridine rings is 2. The molecule has 2 atom stereocenters. The average molecular weight is 350 g/mol. The van der Waals surface area contributed by atoms with E-state index in [1.165, 1.54) is 62.1 Å². The van der Waals surface area contributed by atoms with Crippen LogP contribution in [0.4, 0.5) is 0 Å². The Bertz CT molecular complexity index is 746. The molecule has 1 aliphatic carbocycles. The van der Waals surface area contributed by atoms with Crippen molar-refractivity contribution < 1.29 is 0 Å². The van der Waals surface area contributed by atoms with Crippen LogP contribution in [0.5, 0.6) is 0 Å². The number of aryl methyl sites for hydroxylation is 2. The third-order valence-corrected chi connectivity index (χ3v) is 5.98. The first-order valence-corrected chi connectivity index (χ1v) is 10.2. The summed E-state index contributed by atoms with van der Waals surface area (Å²) in [5, 5.41) is 0. The molecule has 3 nitrogen and oxygen atoms in total. The first kappa shape index (κ1) is 17.7. The molecule has 0 spiro atoms. The Hall–Kier alpha value is -1.74. The molecule has 138 valence electrons. The van der Waals surface area contributed by atoms with Gasteiger partial charge in [-0.3, -0.25) is 14.9 Å². The highest BCUT2D eigenvalue weighted by Crippen LogP contribution is 2.39. The molecule has 26 heavy (non-hydrogen) atoms. The van der Waals surface area contributed by atoms with E-state index in [0.29, 0.717) is 6.04 Å². The minimum Gasteiger partial charge on any atom is -0.295 e. The first-order chi connectivity index (χ1) is 12.6. The fourth-order valence-electron chi connectivity index (χ4n) is 4.48. The van der Waals surface area contributed by atoms with Gasteiger partial charge in [0.25, 0.3) is 0 Å². The molecule has 2 aliphatic rings. The van der Waals surface area contributed by atoms with Crippen molar-refractivity contribution in [1.29, 1.82) is 0 Å². The molecular formula is C23H31N3. The molecule has 1 saturated carbocycles. The standard InChI is InChI=1S/C23H31N3/c1-16-12-20(13-17(2)24-16)14-19-6-5-11-26(15-19)18(3)22-7-4-8-23(25-22)21-9-10-21/h4,7-8,12-13,18-19,21H,5-6,9-11,14-15H2,1-3H3/t18-,19-/m1/s1. The Balaban J connectivity index is 1.43. The summed E-state index contributed by atoms with van der Waals surface area (Å²) in [6.07, 6.45) is 6.44. The van der Waals surface area contributed by atoms with E-state index in [1.54, 1.807) is 0 Å². The lowest BCUT2D eigenvalue weighted by molar-refractivity contribution is 0.129. The molecule has 2 aromatic rings. The van der Waals surface area contributed by atoms with Crippen LogP contribution in [-0.2, 0) is 6.42 Å². The fraction of sp³-hybridized carbons (Fsp3) is 0.565. The third-order valence-electron chi connectivity index (χ3n) is 5.98. The van der Waals surface area contributed by atoms with E-state index < -0.39 is 0 Å².